The summed E-state index contributed by atoms with van der Waals surface area (Å²) in [6, 6.07) is 10.5. The molecule has 1 aromatic carbocycles. The molecule has 0 bridgehead atoms. The number of hydrogen-bond acceptors (Lipinski definition) is 1. The SMILES string of the molecule is C=C1CC[C@H](c2ccccc2)C2(O)C=C(C)CC[C@H]12. The lowest BCUT2D eigenvalue weighted by molar-refractivity contribution is -0.0101. The summed E-state index contributed by atoms with van der Waals surface area (Å²) in [6.07, 6.45) is 6.29. The lowest BCUT2D eigenvalue weighted by Gasteiger charge is -2.48. The Morgan fingerprint density at radius 2 is 1.79 bits per heavy atom. The summed E-state index contributed by atoms with van der Waals surface area (Å²) in [5, 5.41) is 11.3. The number of aliphatic hydroxyl groups is 1. The van der Waals surface area contributed by atoms with E-state index in [-0.39, 0.29) is 11.8 Å². The molecule has 1 N–H and O–H groups in total. The van der Waals surface area contributed by atoms with Crippen molar-refractivity contribution >= 4 is 0 Å². The molecule has 0 heterocycles. The van der Waals surface area contributed by atoms with Gasteiger partial charge in [-0.15, -0.1) is 0 Å². The van der Waals surface area contributed by atoms with Gasteiger partial charge in [0.15, 0.2) is 0 Å². The molecule has 0 aliphatic heterocycles. The van der Waals surface area contributed by atoms with Gasteiger partial charge in [0.1, 0.15) is 0 Å². The largest absolute Gasteiger partial charge is 0.385 e. The molecule has 1 fully saturated rings. The quantitative estimate of drug-likeness (QED) is 0.744. The fourth-order valence-corrected chi connectivity index (χ4v) is 3.90. The Kier molecular flexibility index (Phi) is 3.10. The van der Waals surface area contributed by atoms with E-state index >= 15 is 0 Å². The molecular formula is C18H22O. The Morgan fingerprint density at radius 3 is 2.53 bits per heavy atom. The second kappa shape index (κ2) is 4.64. The van der Waals surface area contributed by atoms with Crippen molar-refractivity contribution in [1.82, 2.24) is 0 Å². The Balaban J connectivity index is 2.05. The summed E-state index contributed by atoms with van der Waals surface area (Å²) in [7, 11) is 0. The number of benzene rings is 1. The highest BCUT2D eigenvalue weighted by atomic mass is 16.3. The van der Waals surface area contributed by atoms with Gasteiger partial charge in [-0.2, -0.15) is 0 Å². The van der Waals surface area contributed by atoms with E-state index in [2.05, 4.69) is 43.8 Å². The molecule has 3 rings (SSSR count). The predicted molar refractivity (Wildman–Crippen MR) is 79.0 cm³/mol. The highest BCUT2D eigenvalue weighted by Crippen LogP contribution is 2.51. The number of fused-ring (bicyclic) bond motifs is 1. The van der Waals surface area contributed by atoms with Crippen molar-refractivity contribution < 1.29 is 5.11 Å². The first-order valence-corrected chi connectivity index (χ1v) is 7.24. The van der Waals surface area contributed by atoms with E-state index in [0.717, 1.165) is 25.7 Å². The molecule has 0 aromatic heterocycles. The lowest BCUT2D eigenvalue weighted by Crippen LogP contribution is -2.47. The zero-order valence-electron chi connectivity index (χ0n) is 11.6. The summed E-state index contributed by atoms with van der Waals surface area (Å²) in [4.78, 5) is 0. The van der Waals surface area contributed by atoms with Gasteiger partial charge in [0.25, 0.3) is 0 Å². The molecule has 1 heteroatoms. The van der Waals surface area contributed by atoms with Crippen molar-refractivity contribution in [1.29, 1.82) is 0 Å². The summed E-state index contributed by atoms with van der Waals surface area (Å²) in [5.41, 5.74) is 3.08. The highest BCUT2D eigenvalue weighted by molar-refractivity contribution is 5.35. The maximum Gasteiger partial charge on any atom is 0.0963 e. The summed E-state index contributed by atoms with van der Waals surface area (Å²) in [5.74, 6) is 0.439. The van der Waals surface area contributed by atoms with E-state index < -0.39 is 5.60 Å². The number of allylic oxidation sites excluding steroid dienone is 1. The van der Waals surface area contributed by atoms with Gasteiger partial charge in [0.2, 0.25) is 0 Å². The Bertz CT molecular complexity index is 514. The first-order valence-electron chi connectivity index (χ1n) is 7.24. The fraction of sp³-hybridized carbons (Fsp3) is 0.444. The fourth-order valence-electron chi connectivity index (χ4n) is 3.90. The average molecular weight is 254 g/mol. The minimum absolute atomic E-state index is 0.208. The third-order valence-electron chi connectivity index (χ3n) is 4.87. The first kappa shape index (κ1) is 12.7. The van der Waals surface area contributed by atoms with Crippen LogP contribution in [-0.2, 0) is 0 Å². The topological polar surface area (TPSA) is 20.2 Å². The minimum Gasteiger partial charge on any atom is -0.385 e. The van der Waals surface area contributed by atoms with Gasteiger partial charge in [0.05, 0.1) is 5.60 Å². The van der Waals surface area contributed by atoms with Crippen LogP contribution < -0.4 is 0 Å². The first-order chi connectivity index (χ1) is 9.11. The molecule has 0 spiro atoms. The van der Waals surface area contributed by atoms with E-state index in [1.807, 2.05) is 6.07 Å². The molecule has 2 aliphatic rings. The standard InChI is InChI=1S/C18H22O/c1-13-8-10-16-14(2)9-11-17(18(16,19)12-13)15-6-4-3-5-7-15/h3-7,12,16-17,19H,2,8-11H2,1H3/t16-,17-,18?/m1/s1. The van der Waals surface area contributed by atoms with Gasteiger partial charge < -0.3 is 5.11 Å². The zero-order valence-corrected chi connectivity index (χ0v) is 11.6. The maximum atomic E-state index is 11.3. The molecule has 0 amide bonds. The van der Waals surface area contributed by atoms with Crippen molar-refractivity contribution in [3.63, 3.8) is 0 Å². The number of rotatable bonds is 1. The monoisotopic (exact) mass is 254 g/mol. The summed E-state index contributed by atoms with van der Waals surface area (Å²) >= 11 is 0. The van der Waals surface area contributed by atoms with Crippen LogP contribution >= 0.6 is 0 Å². The zero-order chi connectivity index (χ0) is 13.5. The van der Waals surface area contributed by atoms with Gasteiger partial charge in [0, 0.05) is 11.8 Å². The molecule has 1 nitrogen and oxygen atoms in total. The van der Waals surface area contributed by atoms with Crippen molar-refractivity contribution in [3.8, 4) is 0 Å². The maximum absolute atomic E-state index is 11.3. The minimum atomic E-state index is -0.723. The van der Waals surface area contributed by atoms with Crippen LogP contribution in [0.25, 0.3) is 0 Å². The predicted octanol–water partition coefficient (Wildman–Crippen LogP) is 4.21. The molecule has 100 valence electrons. The van der Waals surface area contributed by atoms with Gasteiger partial charge >= 0.3 is 0 Å². The van der Waals surface area contributed by atoms with E-state index in [1.54, 1.807) is 0 Å². The average Bonchev–Trinajstić information content (AvgIpc) is 2.39. The number of hydrogen-bond donors (Lipinski definition) is 1. The molecule has 0 radical (unpaired) electrons. The third kappa shape index (κ3) is 2.06. The Hall–Kier alpha value is -1.34. The van der Waals surface area contributed by atoms with E-state index in [1.165, 1.54) is 16.7 Å². The Morgan fingerprint density at radius 1 is 1.11 bits per heavy atom. The molecule has 19 heavy (non-hydrogen) atoms. The molecule has 1 unspecified atom stereocenters. The van der Waals surface area contributed by atoms with Crippen molar-refractivity contribution in [2.75, 3.05) is 0 Å². The molecule has 1 saturated carbocycles. The molecule has 2 aliphatic carbocycles. The molecular weight excluding hydrogens is 232 g/mol. The second-order valence-corrected chi connectivity index (χ2v) is 6.13. The summed E-state index contributed by atoms with van der Waals surface area (Å²) < 4.78 is 0. The van der Waals surface area contributed by atoms with Crippen molar-refractivity contribution in [2.24, 2.45) is 5.92 Å². The second-order valence-electron chi connectivity index (χ2n) is 6.13. The van der Waals surface area contributed by atoms with Gasteiger partial charge in [-0.1, -0.05) is 54.1 Å². The van der Waals surface area contributed by atoms with Crippen molar-refractivity contribution in [3.05, 3.63) is 59.7 Å². The Labute approximate surface area is 115 Å². The van der Waals surface area contributed by atoms with Gasteiger partial charge in [-0.3, -0.25) is 0 Å². The molecule has 1 aromatic rings. The van der Waals surface area contributed by atoms with Crippen molar-refractivity contribution in [2.45, 2.75) is 44.1 Å². The highest BCUT2D eigenvalue weighted by Gasteiger charge is 2.48. The molecule has 0 saturated heterocycles. The van der Waals surface area contributed by atoms with Gasteiger partial charge in [-0.05, 0) is 38.2 Å². The van der Waals surface area contributed by atoms with Gasteiger partial charge in [-0.25, -0.2) is 0 Å². The lowest BCUT2D eigenvalue weighted by atomic mass is 9.60. The van der Waals surface area contributed by atoms with Crippen LogP contribution in [-0.4, -0.2) is 10.7 Å². The summed E-state index contributed by atoms with van der Waals surface area (Å²) in [6.45, 7) is 6.34. The van der Waals surface area contributed by atoms with Crippen LogP contribution in [0.3, 0.4) is 0 Å². The van der Waals surface area contributed by atoms with Crippen LogP contribution in [0.5, 0.6) is 0 Å². The third-order valence-corrected chi connectivity index (χ3v) is 4.87. The van der Waals surface area contributed by atoms with Crippen LogP contribution in [0.1, 0.15) is 44.1 Å². The van der Waals surface area contributed by atoms with Crippen LogP contribution in [0.2, 0.25) is 0 Å². The van der Waals surface area contributed by atoms with Crippen LogP contribution in [0.4, 0.5) is 0 Å². The smallest absolute Gasteiger partial charge is 0.0963 e. The van der Waals surface area contributed by atoms with E-state index in [9.17, 15) is 5.11 Å². The van der Waals surface area contributed by atoms with Crippen LogP contribution in [0.15, 0.2) is 54.1 Å². The van der Waals surface area contributed by atoms with Crippen LogP contribution in [0, 0.1) is 5.92 Å². The van der Waals surface area contributed by atoms with E-state index in [0.29, 0.717) is 0 Å². The normalized spacial score (nSPS) is 34.6. The van der Waals surface area contributed by atoms with E-state index in [4.69, 9.17) is 0 Å². The molecule has 3 atom stereocenters.